The van der Waals surface area contributed by atoms with Gasteiger partial charge in [-0.25, -0.2) is 0 Å². The Morgan fingerprint density at radius 1 is 1.47 bits per heavy atom. The predicted molar refractivity (Wildman–Crippen MR) is 70.0 cm³/mol. The zero-order chi connectivity index (χ0) is 12.4. The van der Waals surface area contributed by atoms with E-state index < -0.39 is 0 Å². The molecule has 0 aliphatic carbocycles. The molecule has 17 heavy (non-hydrogen) atoms. The highest BCUT2D eigenvalue weighted by atomic mass is 79.9. The molecule has 0 saturated carbocycles. The molecule has 5 heteroatoms. The summed E-state index contributed by atoms with van der Waals surface area (Å²) in [6.45, 7) is 5.52. The third-order valence-electron chi connectivity index (χ3n) is 2.79. The normalized spacial score (nSPS) is 11.1. The molecular weight excluding hydrogens is 282 g/mol. The van der Waals surface area contributed by atoms with Crippen LogP contribution in [0.15, 0.2) is 21.2 Å². The standard InChI is InChI=1S/C12H16BrN3O/c1-8-12(13)9(2)16(15-8)7-11-10(6-14-3)4-5-17-11/h4-5,14H,6-7H2,1-3H3. The van der Waals surface area contributed by atoms with E-state index in [1.54, 1.807) is 6.26 Å². The highest BCUT2D eigenvalue weighted by molar-refractivity contribution is 9.10. The number of nitrogens with one attached hydrogen (secondary N) is 1. The predicted octanol–water partition coefficient (Wildman–Crippen LogP) is 2.62. The molecule has 2 rings (SSSR count). The Labute approximate surface area is 109 Å². The van der Waals surface area contributed by atoms with Gasteiger partial charge in [0.25, 0.3) is 0 Å². The van der Waals surface area contributed by atoms with Gasteiger partial charge in [-0.05, 0) is 42.9 Å². The van der Waals surface area contributed by atoms with Crippen molar-refractivity contribution in [2.45, 2.75) is 26.9 Å². The largest absolute Gasteiger partial charge is 0.467 e. The summed E-state index contributed by atoms with van der Waals surface area (Å²) in [6, 6.07) is 1.99. The highest BCUT2D eigenvalue weighted by Gasteiger charge is 2.12. The van der Waals surface area contributed by atoms with Crippen molar-refractivity contribution in [1.82, 2.24) is 15.1 Å². The first kappa shape index (κ1) is 12.4. The van der Waals surface area contributed by atoms with Crippen LogP contribution < -0.4 is 5.32 Å². The Bertz CT molecular complexity index is 516. The van der Waals surface area contributed by atoms with Crippen molar-refractivity contribution >= 4 is 15.9 Å². The molecule has 0 saturated heterocycles. The first-order valence-electron chi connectivity index (χ1n) is 5.52. The molecule has 0 aromatic carbocycles. The molecule has 92 valence electrons. The number of aromatic nitrogens is 2. The summed E-state index contributed by atoms with van der Waals surface area (Å²) in [4.78, 5) is 0. The third-order valence-corrected chi connectivity index (χ3v) is 3.94. The second-order valence-corrected chi connectivity index (χ2v) is 4.83. The van der Waals surface area contributed by atoms with Crippen LogP contribution in [0.1, 0.15) is 22.7 Å². The van der Waals surface area contributed by atoms with Gasteiger partial charge in [-0.15, -0.1) is 0 Å². The lowest BCUT2D eigenvalue weighted by Gasteiger charge is -2.04. The van der Waals surface area contributed by atoms with E-state index in [0.717, 1.165) is 28.2 Å². The van der Waals surface area contributed by atoms with Crippen molar-refractivity contribution in [1.29, 1.82) is 0 Å². The number of hydrogen-bond acceptors (Lipinski definition) is 3. The number of nitrogens with zero attached hydrogens (tertiary/aromatic N) is 2. The van der Waals surface area contributed by atoms with Crippen LogP contribution in [-0.4, -0.2) is 16.8 Å². The average molecular weight is 298 g/mol. The summed E-state index contributed by atoms with van der Waals surface area (Å²) in [5.41, 5.74) is 3.30. The fraction of sp³-hybridized carbons (Fsp3) is 0.417. The van der Waals surface area contributed by atoms with E-state index in [-0.39, 0.29) is 0 Å². The highest BCUT2D eigenvalue weighted by Crippen LogP contribution is 2.21. The SMILES string of the molecule is CNCc1ccoc1Cn1nc(C)c(Br)c1C. The minimum atomic E-state index is 0.669. The van der Waals surface area contributed by atoms with Crippen LogP contribution in [0.4, 0.5) is 0 Å². The fourth-order valence-electron chi connectivity index (χ4n) is 1.82. The quantitative estimate of drug-likeness (QED) is 0.943. The van der Waals surface area contributed by atoms with Gasteiger partial charge in [0.1, 0.15) is 5.76 Å². The topological polar surface area (TPSA) is 43.0 Å². The first-order chi connectivity index (χ1) is 8.13. The number of rotatable bonds is 4. The maximum Gasteiger partial charge on any atom is 0.129 e. The monoisotopic (exact) mass is 297 g/mol. The molecule has 1 N–H and O–H groups in total. The van der Waals surface area contributed by atoms with Gasteiger partial charge in [-0.1, -0.05) is 0 Å². The Hall–Kier alpha value is -1.07. The second kappa shape index (κ2) is 5.06. The van der Waals surface area contributed by atoms with Crippen molar-refractivity contribution in [3.63, 3.8) is 0 Å². The smallest absolute Gasteiger partial charge is 0.129 e. The molecule has 4 nitrogen and oxygen atoms in total. The molecule has 0 atom stereocenters. The summed E-state index contributed by atoms with van der Waals surface area (Å²) in [6.07, 6.45) is 1.72. The number of furan rings is 1. The number of aryl methyl sites for hydroxylation is 1. The first-order valence-corrected chi connectivity index (χ1v) is 6.32. The van der Waals surface area contributed by atoms with Gasteiger partial charge >= 0.3 is 0 Å². The molecule has 0 aliphatic heterocycles. The average Bonchev–Trinajstić information content (AvgIpc) is 2.82. The van der Waals surface area contributed by atoms with E-state index in [4.69, 9.17) is 4.42 Å². The van der Waals surface area contributed by atoms with Crippen LogP contribution in [0.25, 0.3) is 0 Å². The molecule has 0 aliphatic rings. The van der Waals surface area contributed by atoms with E-state index in [1.165, 1.54) is 5.56 Å². The Kier molecular flexibility index (Phi) is 3.69. The van der Waals surface area contributed by atoms with E-state index in [2.05, 4.69) is 26.3 Å². The van der Waals surface area contributed by atoms with E-state index in [9.17, 15) is 0 Å². The molecule has 0 amide bonds. The summed E-state index contributed by atoms with van der Waals surface area (Å²) in [5.74, 6) is 0.956. The van der Waals surface area contributed by atoms with Gasteiger partial charge in [0, 0.05) is 12.1 Å². The molecule has 0 bridgehead atoms. The Morgan fingerprint density at radius 2 is 2.24 bits per heavy atom. The lowest BCUT2D eigenvalue weighted by molar-refractivity contribution is 0.469. The zero-order valence-electron chi connectivity index (χ0n) is 10.2. The van der Waals surface area contributed by atoms with Gasteiger partial charge in [-0.2, -0.15) is 5.10 Å². The van der Waals surface area contributed by atoms with Gasteiger partial charge < -0.3 is 9.73 Å². The van der Waals surface area contributed by atoms with Crippen molar-refractivity contribution in [3.8, 4) is 0 Å². The molecule has 0 spiro atoms. The van der Waals surface area contributed by atoms with E-state index in [1.807, 2.05) is 31.6 Å². The van der Waals surface area contributed by atoms with Gasteiger partial charge in [-0.3, -0.25) is 4.68 Å². The maximum atomic E-state index is 5.51. The van der Waals surface area contributed by atoms with Crippen LogP contribution in [0, 0.1) is 13.8 Å². The van der Waals surface area contributed by atoms with Gasteiger partial charge in [0.05, 0.1) is 28.7 Å². The molecule has 2 aromatic rings. The third kappa shape index (κ3) is 2.45. The Balaban J connectivity index is 2.25. The lowest BCUT2D eigenvalue weighted by atomic mass is 10.2. The maximum absolute atomic E-state index is 5.51. The minimum Gasteiger partial charge on any atom is -0.467 e. The van der Waals surface area contributed by atoms with Crippen LogP contribution in [-0.2, 0) is 13.1 Å². The van der Waals surface area contributed by atoms with Crippen molar-refractivity contribution < 1.29 is 4.42 Å². The van der Waals surface area contributed by atoms with E-state index in [0.29, 0.717) is 6.54 Å². The van der Waals surface area contributed by atoms with Crippen LogP contribution >= 0.6 is 15.9 Å². The van der Waals surface area contributed by atoms with Crippen LogP contribution in [0.3, 0.4) is 0 Å². The van der Waals surface area contributed by atoms with Crippen molar-refractivity contribution in [3.05, 3.63) is 39.5 Å². The Morgan fingerprint density at radius 3 is 2.82 bits per heavy atom. The summed E-state index contributed by atoms with van der Waals surface area (Å²) in [5, 5.41) is 7.60. The number of halogens is 1. The molecule has 0 unspecified atom stereocenters. The van der Waals surface area contributed by atoms with Crippen molar-refractivity contribution in [2.75, 3.05) is 7.05 Å². The fourth-order valence-corrected chi connectivity index (χ4v) is 2.10. The summed E-state index contributed by atoms with van der Waals surface area (Å²) in [7, 11) is 1.93. The molecule has 2 aromatic heterocycles. The van der Waals surface area contributed by atoms with Crippen LogP contribution in [0.5, 0.6) is 0 Å². The molecular formula is C12H16BrN3O. The molecule has 0 radical (unpaired) electrons. The van der Waals surface area contributed by atoms with Gasteiger partial charge in [0.15, 0.2) is 0 Å². The zero-order valence-corrected chi connectivity index (χ0v) is 11.8. The summed E-state index contributed by atoms with van der Waals surface area (Å²) < 4.78 is 8.53. The van der Waals surface area contributed by atoms with Crippen LogP contribution in [0.2, 0.25) is 0 Å². The number of hydrogen-bond donors (Lipinski definition) is 1. The second-order valence-electron chi connectivity index (χ2n) is 4.04. The van der Waals surface area contributed by atoms with Gasteiger partial charge in [0.2, 0.25) is 0 Å². The molecule has 0 fully saturated rings. The molecule has 2 heterocycles. The minimum absolute atomic E-state index is 0.669. The van der Waals surface area contributed by atoms with Crippen molar-refractivity contribution in [2.24, 2.45) is 0 Å². The lowest BCUT2D eigenvalue weighted by Crippen LogP contribution is -2.09. The summed E-state index contributed by atoms with van der Waals surface area (Å²) >= 11 is 3.53. The van der Waals surface area contributed by atoms with E-state index >= 15 is 0 Å².